The van der Waals surface area contributed by atoms with Gasteiger partial charge in [-0.2, -0.15) is 0 Å². The van der Waals surface area contributed by atoms with Gasteiger partial charge in [0.05, 0.1) is 5.56 Å². The van der Waals surface area contributed by atoms with Crippen LogP contribution in [0.5, 0.6) is 0 Å². The topological polar surface area (TPSA) is 49.3 Å². The number of halogens is 1. The van der Waals surface area contributed by atoms with Crippen molar-refractivity contribution in [1.29, 1.82) is 0 Å². The van der Waals surface area contributed by atoms with Crippen LogP contribution in [0.3, 0.4) is 0 Å². The fourth-order valence-electron chi connectivity index (χ4n) is 1.19. The van der Waals surface area contributed by atoms with E-state index >= 15 is 0 Å². The van der Waals surface area contributed by atoms with Gasteiger partial charge in [0.25, 0.3) is 5.91 Å². The predicted octanol–water partition coefficient (Wildman–Crippen LogP) is 1.25. The van der Waals surface area contributed by atoms with Crippen LogP contribution in [0.2, 0.25) is 0 Å². The Morgan fingerprint density at radius 1 is 1.53 bits per heavy atom. The van der Waals surface area contributed by atoms with Crippen molar-refractivity contribution in [2.24, 2.45) is 0 Å². The summed E-state index contributed by atoms with van der Waals surface area (Å²) in [5.74, 6) is -0.966. The van der Waals surface area contributed by atoms with Crippen LogP contribution in [0.15, 0.2) is 18.2 Å². The third kappa shape index (κ3) is 3.32. The molecule has 0 aliphatic carbocycles. The molecule has 0 spiro atoms. The molecule has 1 aromatic rings. The van der Waals surface area contributed by atoms with Gasteiger partial charge in [0.15, 0.2) is 0 Å². The Labute approximate surface area is 87.9 Å². The third-order valence-corrected chi connectivity index (χ3v) is 1.99. The minimum Gasteiger partial charge on any atom is -0.396 e. The van der Waals surface area contributed by atoms with Crippen molar-refractivity contribution in [2.45, 2.75) is 13.3 Å². The van der Waals surface area contributed by atoms with Crippen LogP contribution < -0.4 is 5.32 Å². The number of benzene rings is 1. The molecule has 0 aliphatic rings. The molecule has 0 aromatic heterocycles. The number of aryl methyl sites for hydroxylation is 1. The van der Waals surface area contributed by atoms with Crippen molar-refractivity contribution in [2.75, 3.05) is 13.2 Å². The smallest absolute Gasteiger partial charge is 0.254 e. The Bertz CT molecular complexity index is 352. The van der Waals surface area contributed by atoms with E-state index in [2.05, 4.69) is 5.32 Å². The second-order valence-corrected chi connectivity index (χ2v) is 3.32. The van der Waals surface area contributed by atoms with Crippen molar-refractivity contribution < 1.29 is 14.3 Å². The van der Waals surface area contributed by atoms with Gasteiger partial charge in [0.1, 0.15) is 5.82 Å². The number of nitrogens with one attached hydrogen (secondary N) is 1. The first kappa shape index (κ1) is 11.7. The van der Waals surface area contributed by atoms with Crippen molar-refractivity contribution in [1.82, 2.24) is 5.32 Å². The molecule has 0 radical (unpaired) electrons. The second kappa shape index (κ2) is 5.46. The molecular formula is C11H14FNO2. The normalized spacial score (nSPS) is 10.1. The fraction of sp³-hybridized carbons (Fsp3) is 0.364. The largest absolute Gasteiger partial charge is 0.396 e. The molecule has 82 valence electrons. The van der Waals surface area contributed by atoms with Gasteiger partial charge in [0, 0.05) is 13.2 Å². The lowest BCUT2D eigenvalue weighted by atomic mass is 10.1. The maximum atomic E-state index is 13.2. The number of carbonyl (C=O) groups is 1. The average Bonchev–Trinajstić information content (AvgIpc) is 2.22. The molecule has 15 heavy (non-hydrogen) atoms. The molecule has 3 nitrogen and oxygen atoms in total. The number of carbonyl (C=O) groups excluding carboxylic acids is 1. The maximum Gasteiger partial charge on any atom is 0.254 e. The lowest BCUT2D eigenvalue weighted by molar-refractivity contribution is 0.0947. The molecule has 0 unspecified atom stereocenters. The summed E-state index contributed by atoms with van der Waals surface area (Å²) in [6.45, 7) is 2.16. The van der Waals surface area contributed by atoms with E-state index in [-0.39, 0.29) is 12.2 Å². The van der Waals surface area contributed by atoms with Crippen molar-refractivity contribution in [3.05, 3.63) is 35.1 Å². The number of hydrogen-bond donors (Lipinski definition) is 2. The molecular weight excluding hydrogens is 197 g/mol. The van der Waals surface area contributed by atoms with Gasteiger partial charge < -0.3 is 10.4 Å². The Hall–Kier alpha value is -1.42. The standard InChI is InChI=1S/C11H14FNO2/c1-8-3-4-10(12)9(7-8)11(15)13-5-2-6-14/h3-4,7,14H,2,5-6H2,1H3,(H,13,15). The highest BCUT2D eigenvalue weighted by atomic mass is 19.1. The Morgan fingerprint density at radius 2 is 2.27 bits per heavy atom. The van der Waals surface area contributed by atoms with Gasteiger partial charge in [-0.3, -0.25) is 4.79 Å². The highest BCUT2D eigenvalue weighted by Gasteiger charge is 2.10. The van der Waals surface area contributed by atoms with E-state index in [4.69, 9.17) is 5.11 Å². The van der Waals surface area contributed by atoms with Gasteiger partial charge in [-0.25, -0.2) is 4.39 Å². The van der Waals surface area contributed by atoms with Crippen LogP contribution in [0, 0.1) is 12.7 Å². The van der Waals surface area contributed by atoms with Crippen LogP contribution in [0.1, 0.15) is 22.3 Å². The van der Waals surface area contributed by atoms with E-state index in [1.807, 2.05) is 0 Å². The summed E-state index contributed by atoms with van der Waals surface area (Å²) in [6, 6.07) is 4.39. The van der Waals surface area contributed by atoms with E-state index in [9.17, 15) is 9.18 Å². The Balaban J connectivity index is 2.68. The van der Waals surface area contributed by atoms with E-state index < -0.39 is 11.7 Å². The molecule has 4 heteroatoms. The summed E-state index contributed by atoms with van der Waals surface area (Å²) in [5.41, 5.74) is 0.886. The zero-order chi connectivity index (χ0) is 11.3. The molecule has 1 amide bonds. The fourth-order valence-corrected chi connectivity index (χ4v) is 1.19. The number of hydrogen-bond acceptors (Lipinski definition) is 2. The zero-order valence-electron chi connectivity index (χ0n) is 8.59. The van der Waals surface area contributed by atoms with Crippen LogP contribution in [0.4, 0.5) is 4.39 Å². The van der Waals surface area contributed by atoms with E-state index in [0.717, 1.165) is 5.56 Å². The monoisotopic (exact) mass is 211 g/mol. The number of amides is 1. The summed E-state index contributed by atoms with van der Waals surface area (Å²) >= 11 is 0. The first-order valence-electron chi connectivity index (χ1n) is 4.80. The molecule has 0 saturated carbocycles. The van der Waals surface area contributed by atoms with Gasteiger partial charge in [-0.15, -0.1) is 0 Å². The number of aliphatic hydroxyl groups is 1. The lowest BCUT2D eigenvalue weighted by Gasteiger charge is -2.05. The Morgan fingerprint density at radius 3 is 2.93 bits per heavy atom. The zero-order valence-corrected chi connectivity index (χ0v) is 8.59. The van der Waals surface area contributed by atoms with E-state index in [1.54, 1.807) is 13.0 Å². The van der Waals surface area contributed by atoms with E-state index in [1.165, 1.54) is 12.1 Å². The van der Waals surface area contributed by atoms with E-state index in [0.29, 0.717) is 13.0 Å². The van der Waals surface area contributed by atoms with Crippen LogP contribution >= 0.6 is 0 Å². The summed E-state index contributed by atoms with van der Waals surface area (Å²) in [7, 11) is 0. The van der Waals surface area contributed by atoms with Crippen LogP contribution in [-0.4, -0.2) is 24.2 Å². The first-order valence-corrected chi connectivity index (χ1v) is 4.80. The van der Waals surface area contributed by atoms with Crippen molar-refractivity contribution in [3.63, 3.8) is 0 Å². The average molecular weight is 211 g/mol. The molecule has 0 atom stereocenters. The molecule has 1 aromatic carbocycles. The maximum absolute atomic E-state index is 13.2. The quantitative estimate of drug-likeness (QED) is 0.736. The van der Waals surface area contributed by atoms with Gasteiger partial charge in [-0.05, 0) is 25.5 Å². The number of rotatable bonds is 4. The summed E-state index contributed by atoms with van der Waals surface area (Å²) < 4.78 is 13.2. The Kier molecular flexibility index (Phi) is 4.24. The second-order valence-electron chi connectivity index (χ2n) is 3.32. The third-order valence-electron chi connectivity index (χ3n) is 1.99. The molecule has 0 aliphatic heterocycles. The van der Waals surface area contributed by atoms with Gasteiger partial charge in [-0.1, -0.05) is 11.6 Å². The van der Waals surface area contributed by atoms with Crippen LogP contribution in [-0.2, 0) is 0 Å². The molecule has 2 N–H and O–H groups in total. The molecule has 0 fully saturated rings. The molecule has 0 bridgehead atoms. The van der Waals surface area contributed by atoms with Crippen LogP contribution in [0.25, 0.3) is 0 Å². The summed E-state index contributed by atoms with van der Waals surface area (Å²) in [6.07, 6.45) is 0.471. The highest BCUT2D eigenvalue weighted by Crippen LogP contribution is 2.09. The van der Waals surface area contributed by atoms with Gasteiger partial charge in [0.2, 0.25) is 0 Å². The van der Waals surface area contributed by atoms with Gasteiger partial charge >= 0.3 is 0 Å². The molecule has 0 heterocycles. The summed E-state index contributed by atoms with van der Waals surface area (Å²) in [5, 5.41) is 11.1. The minimum absolute atomic E-state index is 0.0105. The predicted molar refractivity (Wildman–Crippen MR) is 55.2 cm³/mol. The SMILES string of the molecule is Cc1ccc(F)c(C(=O)NCCCO)c1. The summed E-state index contributed by atoms with van der Waals surface area (Å²) in [4.78, 5) is 11.5. The lowest BCUT2D eigenvalue weighted by Crippen LogP contribution is -2.26. The first-order chi connectivity index (χ1) is 7.15. The molecule has 0 saturated heterocycles. The van der Waals surface area contributed by atoms with Crippen molar-refractivity contribution in [3.8, 4) is 0 Å². The number of aliphatic hydroxyl groups excluding tert-OH is 1. The molecule has 1 rings (SSSR count). The highest BCUT2D eigenvalue weighted by molar-refractivity contribution is 5.94. The van der Waals surface area contributed by atoms with Crippen molar-refractivity contribution >= 4 is 5.91 Å². The minimum atomic E-state index is -0.526.